The number of nitrogens with zero attached hydrogens (tertiary/aromatic N) is 3. The highest BCUT2D eigenvalue weighted by Crippen LogP contribution is 2.32. The molecule has 5 nitrogen and oxygen atoms in total. The molecule has 9 heteroatoms. The van der Waals surface area contributed by atoms with E-state index in [0.717, 1.165) is 10.6 Å². The Kier molecular flexibility index (Phi) is 6.37. The molecule has 0 fully saturated rings. The minimum atomic E-state index is -3.78. The van der Waals surface area contributed by atoms with E-state index in [2.05, 4.69) is 5.10 Å². The summed E-state index contributed by atoms with van der Waals surface area (Å²) >= 11 is 13.0. The van der Waals surface area contributed by atoms with E-state index in [0.29, 0.717) is 5.69 Å². The van der Waals surface area contributed by atoms with Crippen molar-refractivity contribution in [1.29, 1.82) is 0 Å². The van der Waals surface area contributed by atoms with Crippen LogP contribution in [-0.4, -0.2) is 47.4 Å². The number of benzene rings is 1. The topological polar surface area (TPSA) is 55.2 Å². The van der Waals surface area contributed by atoms with Crippen LogP contribution >= 0.6 is 34.5 Å². The van der Waals surface area contributed by atoms with Crippen molar-refractivity contribution < 1.29 is 8.42 Å². The first-order valence-electron chi connectivity index (χ1n) is 7.89. The van der Waals surface area contributed by atoms with Gasteiger partial charge in [0.05, 0.1) is 16.8 Å². The lowest BCUT2D eigenvalue weighted by molar-refractivity contribution is 0.448. The minimum absolute atomic E-state index is 0.152. The minimum Gasteiger partial charge on any atom is -0.239 e. The van der Waals surface area contributed by atoms with Gasteiger partial charge in [-0.2, -0.15) is 9.40 Å². The second kappa shape index (κ2) is 8.54. The van der Waals surface area contributed by atoms with Gasteiger partial charge in [-0.05, 0) is 23.6 Å². The summed E-state index contributed by atoms with van der Waals surface area (Å²) < 4.78 is 29.4. The normalized spacial score (nSPS) is 12.0. The average Bonchev–Trinajstić information content (AvgIpc) is 3.32. The lowest BCUT2D eigenvalue weighted by Crippen LogP contribution is -2.34. The van der Waals surface area contributed by atoms with Crippen molar-refractivity contribution >= 4 is 44.6 Å². The molecule has 0 aliphatic rings. The maximum Gasteiger partial charge on any atom is 0.246 e. The van der Waals surface area contributed by atoms with Crippen LogP contribution in [0.5, 0.6) is 0 Å². The molecule has 0 unspecified atom stereocenters. The summed E-state index contributed by atoms with van der Waals surface area (Å²) in [5.41, 5.74) is 1.21. The third kappa shape index (κ3) is 3.97. The maximum absolute atomic E-state index is 13.2. The van der Waals surface area contributed by atoms with Gasteiger partial charge in [-0.1, -0.05) is 24.3 Å². The van der Waals surface area contributed by atoms with E-state index in [-0.39, 0.29) is 29.7 Å². The Balaban J connectivity index is 2.14. The summed E-state index contributed by atoms with van der Waals surface area (Å²) in [6.45, 7) is 0.383. The first-order chi connectivity index (χ1) is 12.6. The lowest BCUT2D eigenvalue weighted by atomic mass is 10.3. The predicted molar refractivity (Wildman–Crippen MR) is 107 cm³/mol. The summed E-state index contributed by atoms with van der Waals surface area (Å²) in [4.78, 5) is 0.939. The highest BCUT2D eigenvalue weighted by atomic mass is 35.5. The van der Waals surface area contributed by atoms with E-state index in [4.69, 9.17) is 23.2 Å². The molecule has 0 N–H and O–H groups in total. The van der Waals surface area contributed by atoms with Gasteiger partial charge in [0.2, 0.25) is 10.0 Å². The van der Waals surface area contributed by atoms with E-state index in [1.54, 1.807) is 10.9 Å². The number of alkyl halides is 2. The number of aromatic nitrogens is 2. The second-order valence-corrected chi connectivity index (χ2v) is 8.99. The van der Waals surface area contributed by atoms with Crippen molar-refractivity contribution in [2.75, 3.05) is 24.8 Å². The molecule has 2 aromatic heterocycles. The Hall–Kier alpha value is -1.38. The molecular formula is C17H17Cl2N3O2S2. The third-order valence-electron chi connectivity index (χ3n) is 3.74. The zero-order chi connectivity index (χ0) is 18.6. The van der Waals surface area contributed by atoms with Gasteiger partial charge in [-0.15, -0.1) is 34.5 Å². The summed E-state index contributed by atoms with van der Waals surface area (Å²) in [7, 11) is -3.78. The molecule has 2 heterocycles. The van der Waals surface area contributed by atoms with Crippen molar-refractivity contribution in [3.8, 4) is 16.3 Å². The van der Waals surface area contributed by atoms with Gasteiger partial charge in [0.15, 0.2) is 0 Å². The van der Waals surface area contributed by atoms with Crippen LogP contribution in [0.15, 0.2) is 58.9 Å². The van der Waals surface area contributed by atoms with Crippen molar-refractivity contribution in [3.05, 3.63) is 54.0 Å². The van der Waals surface area contributed by atoms with Gasteiger partial charge in [-0.3, -0.25) is 0 Å². The Bertz CT molecular complexity index is 936. The van der Waals surface area contributed by atoms with E-state index in [9.17, 15) is 8.42 Å². The van der Waals surface area contributed by atoms with Gasteiger partial charge >= 0.3 is 0 Å². The molecule has 0 atom stereocenters. The van der Waals surface area contributed by atoms with Crippen LogP contribution in [0.25, 0.3) is 16.3 Å². The van der Waals surface area contributed by atoms with Gasteiger partial charge in [0, 0.05) is 24.8 Å². The quantitative estimate of drug-likeness (QED) is 0.507. The summed E-state index contributed by atoms with van der Waals surface area (Å²) in [6.07, 6.45) is 1.55. The molecule has 138 valence electrons. The molecule has 1 aromatic carbocycles. The zero-order valence-corrected chi connectivity index (χ0v) is 16.9. The van der Waals surface area contributed by atoms with Gasteiger partial charge in [0.1, 0.15) is 10.6 Å². The van der Waals surface area contributed by atoms with Crippen LogP contribution in [0, 0.1) is 0 Å². The number of para-hydroxylation sites is 1. The number of thiophene rings is 1. The molecule has 0 bridgehead atoms. The van der Waals surface area contributed by atoms with Crippen LogP contribution in [-0.2, 0) is 10.0 Å². The first-order valence-corrected chi connectivity index (χ1v) is 11.3. The molecule has 0 aliphatic carbocycles. The molecule has 0 amide bonds. The fraction of sp³-hybridized carbons (Fsp3) is 0.235. The number of rotatable bonds is 8. The summed E-state index contributed by atoms with van der Waals surface area (Å²) in [5.74, 6) is 0.383. The third-order valence-corrected chi connectivity index (χ3v) is 6.86. The Morgan fingerprint density at radius 2 is 1.73 bits per heavy atom. The van der Waals surface area contributed by atoms with Crippen molar-refractivity contribution in [3.63, 3.8) is 0 Å². The predicted octanol–water partition coefficient (Wildman–Crippen LogP) is 4.07. The Labute approximate surface area is 166 Å². The summed E-state index contributed by atoms with van der Waals surface area (Å²) in [6, 6.07) is 13.1. The average molecular weight is 430 g/mol. The highest BCUT2D eigenvalue weighted by Gasteiger charge is 2.30. The van der Waals surface area contributed by atoms with Crippen LogP contribution in [0.3, 0.4) is 0 Å². The highest BCUT2D eigenvalue weighted by molar-refractivity contribution is 7.89. The van der Waals surface area contributed by atoms with Crippen molar-refractivity contribution in [1.82, 2.24) is 14.1 Å². The molecule has 0 aliphatic heterocycles. The number of hydrogen-bond donors (Lipinski definition) is 0. The SMILES string of the molecule is O=S(=O)(c1cn(-c2ccccc2)nc1-c1cccs1)N(CCCl)CCCl. The second-order valence-electron chi connectivity index (χ2n) is 5.38. The van der Waals surface area contributed by atoms with E-state index in [1.807, 2.05) is 47.8 Å². The van der Waals surface area contributed by atoms with Gasteiger partial charge in [-0.25, -0.2) is 13.1 Å². The van der Waals surface area contributed by atoms with E-state index >= 15 is 0 Å². The summed E-state index contributed by atoms with van der Waals surface area (Å²) in [5, 5.41) is 6.44. The molecule has 0 saturated heterocycles. The standard InChI is InChI=1S/C17H17Cl2N3O2S2/c18-8-10-21(11-9-19)26(23,24)16-13-22(14-5-2-1-3-6-14)20-17(16)15-7-4-12-25-15/h1-7,12-13H,8-11H2. The number of hydrogen-bond acceptors (Lipinski definition) is 4. The maximum atomic E-state index is 13.2. The van der Waals surface area contributed by atoms with Gasteiger partial charge < -0.3 is 0 Å². The molecule has 0 spiro atoms. The molecule has 3 aromatic rings. The molecule has 26 heavy (non-hydrogen) atoms. The lowest BCUT2D eigenvalue weighted by Gasteiger charge is -2.19. The monoisotopic (exact) mass is 429 g/mol. The number of sulfonamides is 1. The smallest absolute Gasteiger partial charge is 0.239 e. The Morgan fingerprint density at radius 1 is 1.04 bits per heavy atom. The molecular weight excluding hydrogens is 413 g/mol. The zero-order valence-electron chi connectivity index (χ0n) is 13.8. The fourth-order valence-electron chi connectivity index (χ4n) is 2.52. The van der Waals surface area contributed by atoms with Crippen LogP contribution < -0.4 is 0 Å². The van der Waals surface area contributed by atoms with Crippen LogP contribution in [0.1, 0.15) is 0 Å². The largest absolute Gasteiger partial charge is 0.246 e. The first kappa shape index (κ1) is 19.4. The molecule has 3 rings (SSSR count). The molecule has 0 radical (unpaired) electrons. The van der Waals surface area contributed by atoms with E-state index < -0.39 is 10.0 Å². The van der Waals surface area contributed by atoms with Crippen LogP contribution in [0.2, 0.25) is 0 Å². The molecule has 0 saturated carbocycles. The van der Waals surface area contributed by atoms with Crippen molar-refractivity contribution in [2.24, 2.45) is 0 Å². The Morgan fingerprint density at radius 3 is 2.31 bits per heavy atom. The number of halogens is 2. The van der Waals surface area contributed by atoms with Crippen molar-refractivity contribution in [2.45, 2.75) is 4.90 Å². The van der Waals surface area contributed by atoms with Gasteiger partial charge in [0.25, 0.3) is 0 Å². The van der Waals surface area contributed by atoms with E-state index in [1.165, 1.54) is 15.6 Å². The fourth-order valence-corrected chi connectivity index (χ4v) is 5.49. The van der Waals surface area contributed by atoms with Crippen LogP contribution in [0.4, 0.5) is 0 Å².